The van der Waals surface area contributed by atoms with Crippen molar-refractivity contribution >= 4 is 0 Å². The molecule has 0 radical (unpaired) electrons. The zero-order valence-corrected chi connectivity index (χ0v) is 17.2. The zero-order valence-electron chi connectivity index (χ0n) is 17.2. The van der Waals surface area contributed by atoms with Gasteiger partial charge in [0.05, 0.1) is 13.2 Å². The van der Waals surface area contributed by atoms with Crippen LogP contribution in [0.1, 0.15) is 48.1 Å². The summed E-state index contributed by atoms with van der Waals surface area (Å²) in [4.78, 5) is 2.13. The first-order valence-electron chi connectivity index (χ1n) is 9.81. The average Bonchev–Trinajstić information content (AvgIpc) is 2.66. The molecule has 1 heterocycles. The van der Waals surface area contributed by atoms with Crippen molar-refractivity contribution in [1.82, 2.24) is 10.2 Å². The number of likely N-dealkylation sites (N-methyl/N-ethyl adjacent to an activating group) is 1. The number of nitrogens with zero attached hydrogens (tertiary/aromatic N) is 1. The van der Waals surface area contributed by atoms with Gasteiger partial charge in [-0.1, -0.05) is 26.0 Å². The second-order valence-corrected chi connectivity index (χ2v) is 7.81. The maximum atomic E-state index is 5.93. The summed E-state index contributed by atoms with van der Waals surface area (Å²) in [6, 6.07) is 13.3. The molecule has 146 valence electrons. The van der Waals surface area contributed by atoms with E-state index in [4.69, 9.17) is 9.47 Å². The SMILES string of the molecule is COc1ccc(C2NCCc3cc(OCCN(C)C)ccc32)cc1C(C)C. The van der Waals surface area contributed by atoms with Crippen LogP contribution in [0.2, 0.25) is 0 Å². The van der Waals surface area contributed by atoms with E-state index in [0.717, 1.165) is 31.0 Å². The van der Waals surface area contributed by atoms with E-state index in [2.05, 4.69) is 74.6 Å². The Hall–Kier alpha value is -2.04. The van der Waals surface area contributed by atoms with Gasteiger partial charge in [0.1, 0.15) is 18.1 Å². The quantitative estimate of drug-likeness (QED) is 0.801. The van der Waals surface area contributed by atoms with Crippen LogP contribution in [0.3, 0.4) is 0 Å². The predicted octanol–water partition coefficient (Wildman–Crippen LogP) is 3.99. The van der Waals surface area contributed by atoms with Crippen LogP contribution in [0.5, 0.6) is 11.5 Å². The fourth-order valence-corrected chi connectivity index (χ4v) is 3.66. The van der Waals surface area contributed by atoms with Gasteiger partial charge in [0.15, 0.2) is 0 Å². The molecule has 0 saturated carbocycles. The summed E-state index contributed by atoms with van der Waals surface area (Å²) < 4.78 is 11.5. The molecule has 0 fully saturated rings. The molecule has 1 unspecified atom stereocenters. The van der Waals surface area contributed by atoms with Gasteiger partial charge in [-0.3, -0.25) is 0 Å². The Morgan fingerprint density at radius 2 is 1.96 bits per heavy atom. The first-order chi connectivity index (χ1) is 13.0. The Labute approximate surface area is 163 Å². The minimum atomic E-state index is 0.216. The summed E-state index contributed by atoms with van der Waals surface area (Å²) >= 11 is 0. The molecular formula is C23H32N2O2. The minimum absolute atomic E-state index is 0.216. The molecule has 0 spiro atoms. The Morgan fingerprint density at radius 3 is 2.67 bits per heavy atom. The van der Waals surface area contributed by atoms with Gasteiger partial charge in [-0.05, 0) is 73.0 Å². The van der Waals surface area contributed by atoms with E-state index < -0.39 is 0 Å². The Morgan fingerprint density at radius 1 is 1.15 bits per heavy atom. The number of benzene rings is 2. The molecule has 0 amide bonds. The molecule has 0 bridgehead atoms. The molecule has 1 aliphatic heterocycles. The monoisotopic (exact) mass is 368 g/mol. The van der Waals surface area contributed by atoms with Crippen LogP contribution in [0.15, 0.2) is 36.4 Å². The lowest BCUT2D eigenvalue weighted by Gasteiger charge is -2.29. The maximum Gasteiger partial charge on any atom is 0.122 e. The molecule has 1 N–H and O–H groups in total. The highest BCUT2D eigenvalue weighted by Gasteiger charge is 2.23. The largest absolute Gasteiger partial charge is 0.496 e. The van der Waals surface area contributed by atoms with E-state index in [9.17, 15) is 0 Å². The van der Waals surface area contributed by atoms with Gasteiger partial charge in [0.25, 0.3) is 0 Å². The fourth-order valence-electron chi connectivity index (χ4n) is 3.66. The van der Waals surface area contributed by atoms with Crippen molar-refractivity contribution in [2.45, 2.75) is 32.2 Å². The number of hydrogen-bond acceptors (Lipinski definition) is 4. The van der Waals surface area contributed by atoms with Crippen LogP contribution in [0.4, 0.5) is 0 Å². The van der Waals surface area contributed by atoms with Crippen molar-refractivity contribution < 1.29 is 9.47 Å². The topological polar surface area (TPSA) is 33.7 Å². The highest BCUT2D eigenvalue weighted by molar-refractivity contribution is 5.47. The molecular weight excluding hydrogens is 336 g/mol. The highest BCUT2D eigenvalue weighted by Crippen LogP contribution is 2.35. The van der Waals surface area contributed by atoms with Crippen LogP contribution in [-0.2, 0) is 6.42 Å². The van der Waals surface area contributed by atoms with E-state index in [-0.39, 0.29) is 6.04 Å². The van der Waals surface area contributed by atoms with Gasteiger partial charge in [-0.25, -0.2) is 0 Å². The molecule has 4 heteroatoms. The maximum absolute atomic E-state index is 5.93. The molecule has 3 rings (SSSR count). The second-order valence-electron chi connectivity index (χ2n) is 7.81. The first kappa shape index (κ1) is 19.7. The van der Waals surface area contributed by atoms with Crippen LogP contribution < -0.4 is 14.8 Å². The van der Waals surface area contributed by atoms with E-state index in [0.29, 0.717) is 12.5 Å². The van der Waals surface area contributed by atoms with Gasteiger partial charge < -0.3 is 19.7 Å². The average molecular weight is 369 g/mol. The molecule has 27 heavy (non-hydrogen) atoms. The van der Waals surface area contributed by atoms with Crippen molar-refractivity contribution in [2.75, 3.05) is 40.9 Å². The molecule has 1 atom stereocenters. The van der Waals surface area contributed by atoms with Crippen LogP contribution in [-0.4, -0.2) is 45.8 Å². The fraction of sp³-hybridized carbons (Fsp3) is 0.478. The Balaban J connectivity index is 1.85. The van der Waals surface area contributed by atoms with Crippen molar-refractivity contribution in [3.05, 3.63) is 58.7 Å². The zero-order chi connectivity index (χ0) is 19.4. The number of methoxy groups -OCH3 is 1. The summed E-state index contributed by atoms with van der Waals surface area (Å²) in [7, 11) is 5.87. The van der Waals surface area contributed by atoms with Crippen molar-refractivity contribution in [1.29, 1.82) is 0 Å². The molecule has 4 nitrogen and oxygen atoms in total. The molecule has 0 aromatic heterocycles. The van der Waals surface area contributed by atoms with Crippen molar-refractivity contribution in [3.63, 3.8) is 0 Å². The third-order valence-corrected chi connectivity index (χ3v) is 5.18. The lowest BCUT2D eigenvalue weighted by Crippen LogP contribution is -2.30. The standard InChI is InChI=1S/C23H32N2O2/c1-16(2)21-15-18(6-9-22(21)26-5)23-20-8-7-19(27-13-12-25(3)4)14-17(20)10-11-24-23/h6-9,14-16,23-24H,10-13H2,1-5H3. The molecule has 1 aliphatic rings. The van der Waals surface area contributed by atoms with Gasteiger partial charge in [0, 0.05) is 13.1 Å². The van der Waals surface area contributed by atoms with Crippen molar-refractivity contribution in [2.24, 2.45) is 0 Å². The highest BCUT2D eigenvalue weighted by atomic mass is 16.5. The number of hydrogen-bond donors (Lipinski definition) is 1. The van der Waals surface area contributed by atoms with E-state index in [1.807, 2.05) is 0 Å². The number of rotatable bonds is 7. The molecule has 0 aliphatic carbocycles. The Bertz CT molecular complexity index is 771. The third-order valence-electron chi connectivity index (χ3n) is 5.18. The van der Waals surface area contributed by atoms with E-state index in [1.165, 1.54) is 22.3 Å². The second kappa shape index (κ2) is 8.77. The summed E-state index contributed by atoms with van der Waals surface area (Å²) in [5, 5.41) is 3.68. The summed E-state index contributed by atoms with van der Waals surface area (Å²) in [6.07, 6.45) is 1.03. The third kappa shape index (κ3) is 4.63. The smallest absolute Gasteiger partial charge is 0.122 e. The summed E-state index contributed by atoms with van der Waals surface area (Å²) in [5.74, 6) is 2.36. The van der Waals surface area contributed by atoms with Gasteiger partial charge in [-0.15, -0.1) is 0 Å². The molecule has 2 aromatic carbocycles. The van der Waals surface area contributed by atoms with Gasteiger partial charge in [0.2, 0.25) is 0 Å². The lowest BCUT2D eigenvalue weighted by molar-refractivity contribution is 0.261. The van der Waals surface area contributed by atoms with Crippen molar-refractivity contribution in [3.8, 4) is 11.5 Å². The minimum Gasteiger partial charge on any atom is -0.496 e. The predicted molar refractivity (Wildman–Crippen MR) is 111 cm³/mol. The van der Waals surface area contributed by atoms with Crippen LogP contribution in [0, 0.1) is 0 Å². The van der Waals surface area contributed by atoms with Crippen LogP contribution in [0.25, 0.3) is 0 Å². The molecule has 2 aromatic rings. The summed E-state index contributed by atoms with van der Waals surface area (Å²) in [6.45, 7) is 7.03. The number of ether oxygens (including phenoxy) is 2. The first-order valence-corrected chi connectivity index (χ1v) is 9.81. The summed E-state index contributed by atoms with van der Waals surface area (Å²) in [5.41, 5.74) is 5.28. The van der Waals surface area contributed by atoms with Crippen LogP contribution >= 0.6 is 0 Å². The number of fused-ring (bicyclic) bond motifs is 1. The normalized spacial score (nSPS) is 16.5. The van der Waals surface area contributed by atoms with E-state index >= 15 is 0 Å². The van der Waals surface area contributed by atoms with Gasteiger partial charge >= 0.3 is 0 Å². The lowest BCUT2D eigenvalue weighted by atomic mass is 9.88. The number of nitrogens with one attached hydrogen (secondary N) is 1. The molecule has 0 saturated heterocycles. The Kier molecular flexibility index (Phi) is 6.40. The van der Waals surface area contributed by atoms with Gasteiger partial charge in [-0.2, -0.15) is 0 Å². The van der Waals surface area contributed by atoms with E-state index in [1.54, 1.807) is 7.11 Å².